The van der Waals surface area contributed by atoms with Crippen molar-refractivity contribution in [1.29, 1.82) is 0 Å². The van der Waals surface area contributed by atoms with Crippen LogP contribution in [-0.2, 0) is 6.54 Å². The van der Waals surface area contributed by atoms with E-state index in [2.05, 4.69) is 38.7 Å². The predicted molar refractivity (Wildman–Crippen MR) is 135 cm³/mol. The Labute approximate surface area is 200 Å². The van der Waals surface area contributed by atoms with Gasteiger partial charge in [0, 0.05) is 57.7 Å². The number of halogens is 1. The number of hydrogen-bond donors (Lipinski definition) is 0. The molecule has 3 heterocycles. The minimum absolute atomic E-state index is 0.118. The van der Waals surface area contributed by atoms with Crippen molar-refractivity contribution in [3.63, 3.8) is 0 Å². The standard InChI is InChI=1S/C28H31FN4O/c29-24-9-11-25(12-10-24)31-20-18-30(19-21-31)14-5-16-32-15-4-8-27-26(28(32)34)13-17-33(27)22-23-6-2-1-3-7-23/h1-4,6-13,17H,5,14-16,18-22H2. The van der Waals surface area contributed by atoms with E-state index in [1.54, 1.807) is 0 Å². The van der Waals surface area contributed by atoms with Crippen LogP contribution in [0.3, 0.4) is 0 Å². The molecule has 34 heavy (non-hydrogen) atoms. The number of nitrogens with zero attached hydrogens (tertiary/aromatic N) is 4. The minimum Gasteiger partial charge on any atom is -0.369 e. The highest BCUT2D eigenvalue weighted by molar-refractivity contribution is 5.98. The molecule has 5 rings (SSSR count). The first-order chi connectivity index (χ1) is 16.7. The Morgan fingerprint density at radius 1 is 0.853 bits per heavy atom. The first kappa shape index (κ1) is 22.4. The lowest BCUT2D eigenvalue weighted by molar-refractivity contribution is 0.0767. The van der Waals surface area contributed by atoms with Crippen molar-refractivity contribution < 1.29 is 9.18 Å². The summed E-state index contributed by atoms with van der Waals surface area (Å²) in [6.07, 6.45) is 7.16. The van der Waals surface area contributed by atoms with Gasteiger partial charge in [0.2, 0.25) is 0 Å². The first-order valence-electron chi connectivity index (χ1n) is 12.1. The van der Waals surface area contributed by atoms with E-state index in [1.807, 2.05) is 47.5 Å². The van der Waals surface area contributed by atoms with Crippen molar-refractivity contribution in [2.24, 2.45) is 0 Å². The zero-order valence-corrected chi connectivity index (χ0v) is 19.4. The quantitative estimate of drug-likeness (QED) is 0.527. The highest BCUT2D eigenvalue weighted by atomic mass is 19.1. The number of rotatable bonds is 7. The van der Waals surface area contributed by atoms with Crippen LogP contribution in [0.2, 0.25) is 0 Å². The lowest BCUT2D eigenvalue weighted by Crippen LogP contribution is -2.47. The molecule has 1 amide bonds. The van der Waals surface area contributed by atoms with E-state index < -0.39 is 0 Å². The molecule has 1 fully saturated rings. The van der Waals surface area contributed by atoms with Gasteiger partial charge in [-0.05, 0) is 54.9 Å². The van der Waals surface area contributed by atoms with Crippen molar-refractivity contribution in [2.75, 3.05) is 50.7 Å². The highest BCUT2D eigenvalue weighted by Crippen LogP contribution is 2.21. The van der Waals surface area contributed by atoms with Crippen molar-refractivity contribution in [2.45, 2.75) is 13.0 Å². The number of benzene rings is 2. The molecule has 2 aliphatic rings. The molecule has 0 saturated carbocycles. The molecule has 0 atom stereocenters. The molecule has 2 aliphatic heterocycles. The number of carbonyl (C=O) groups is 1. The van der Waals surface area contributed by atoms with Gasteiger partial charge in [0.25, 0.3) is 5.91 Å². The highest BCUT2D eigenvalue weighted by Gasteiger charge is 2.23. The summed E-state index contributed by atoms with van der Waals surface area (Å²) in [6.45, 7) is 6.99. The van der Waals surface area contributed by atoms with Crippen LogP contribution >= 0.6 is 0 Å². The summed E-state index contributed by atoms with van der Waals surface area (Å²) in [5.74, 6) is -0.0758. The molecule has 1 aromatic heterocycles. The Balaban J connectivity index is 1.12. The Morgan fingerprint density at radius 2 is 1.62 bits per heavy atom. The van der Waals surface area contributed by atoms with E-state index >= 15 is 0 Å². The number of carbonyl (C=O) groups excluding carboxylic acids is 1. The molecule has 0 radical (unpaired) electrons. The van der Waals surface area contributed by atoms with E-state index in [9.17, 15) is 9.18 Å². The molecular formula is C28H31FN4O. The number of amides is 1. The van der Waals surface area contributed by atoms with Crippen LogP contribution in [0.4, 0.5) is 10.1 Å². The van der Waals surface area contributed by atoms with Gasteiger partial charge in [-0.3, -0.25) is 9.69 Å². The van der Waals surface area contributed by atoms with Crippen LogP contribution in [0.15, 0.2) is 72.9 Å². The third-order valence-electron chi connectivity index (χ3n) is 6.79. The smallest absolute Gasteiger partial charge is 0.256 e. The summed E-state index contributed by atoms with van der Waals surface area (Å²) in [7, 11) is 0. The number of hydrogen-bond acceptors (Lipinski definition) is 3. The van der Waals surface area contributed by atoms with Crippen molar-refractivity contribution in [3.05, 3.63) is 95.6 Å². The van der Waals surface area contributed by atoms with Gasteiger partial charge in [0.15, 0.2) is 0 Å². The summed E-state index contributed by atoms with van der Waals surface area (Å²) >= 11 is 0. The Bertz CT molecular complexity index is 1130. The van der Waals surface area contributed by atoms with Gasteiger partial charge in [-0.25, -0.2) is 4.39 Å². The summed E-state index contributed by atoms with van der Waals surface area (Å²) < 4.78 is 15.3. The van der Waals surface area contributed by atoms with Crippen LogP contribution in [-0.4, -0.2) is 66.1 Å². The third kappa shape index (κ3) is 5.07. The molecule has 2 aromatic carbocycles. The van der Waals surface area contributed by atoms with Gasteiger partial charge in [-0.1, -0.05) is 36.4 Å². The Hall–Kier alpha value is -3.38. The SMILES string of the molecule is O=C1c2ccn(Cc3ccccc3)c2C=CCN1CCCN1CCN(c2ccc(F)cc2)CC1. The zero-order valence-electron chi connectivity index (χ0n) is 19.4. The molecule has 3 aromatic rings. The van der Waals surface area contributed by atoms with E-state index in [4.69, 9.17) is 0 Å². The van der Waals surface area contributed by atoms with E-state index in [0.717, 1.165) is 69.2 Å². The van der Waals surface area contributed by atoms with Gasteiger partial charge in [-0.2, -0.15) is 0 Å². The van der Waals surface area contributed by atoms with E-state index in [0.29, 0.717) is 6.54 Å². The molecule has 176 valence electrons. The molecule has 6 heteroatoms. The van der Waals surface area contributed by atoms with Crippen LogP contribution in [0.25, 0.3) is 6.08 Å². The lowest BCUT2D eigenvalue weighted by atomic mass is 10.2. The largest absolute Gasteiger partial charge is 0.369 e. The number of piperazine rings is 1. The minimum atomic E-state index is -0.194. The predicted octanol–water partition coefficient (Wildman–Crippen LogP) is 4.36. The maximum atomic E-state index is 13.2. The van der Waals surface area contributed by atoms with Crippen molar-refractivity contribution in [3.8, 4) is 0 Å². The van der Waals surface area contributed by atoms with Gasteiger partial charge in [-0.15, -0.1) is 0 Å². The summed E-state index contributed by atoms with van der Waals surface area (Å²) in [5.41, 5.74) is 4.09. The molecule has 0 spiro atoms. The molecule has 0 aliphatic carbocycles. The van der Waals surface area contributed by atoms with Gasteiger partial charge in [0.05, 0.1) is 11.3 Å². The fourth-order valence-corrected chi connectivity index (χ4v) is 4.87. The summed E-state index contributed by atoms with van der Waals surface area (Å²) in [4.78, 5) is 20.0. The lowest BCUT2D eigenvalue weighted by Gasteiger charge is -2.36. The van der Waals surface area contributed by atoms with Gasteiger partial charge >= 0.3 is 0 Å². The molecule has 1 saturated heterocycles. The van der Waals surface area contributed by atoms with Crippen LogP contribution in [0.5, 0.6) is 0 Å². The third-order valence-corrected chi connectivity index (χ3v) is 6.79. The second-order valence-corrected chi connectivity index (χ2v) is 9.04. The zero-order chi connectivity index (χ0) is 23.3. The van der Waals surface area contributed by atoms with Crippen molar-refractivity contribution in [1.82, 2.24) is 14.4 Å². The normalized spacial score (nSPS) is 16.6. The molecule has 0 N–H and O–H groups in total. The van der Waals surface area contributed by atoms with Gasteiger partial charge < -0.3 is 14.4 Å². The van der Waals surface area contributed by atoms with Gasteiger partial charge in [0.1, 0.15) is 5.82 Å². The maximum absolute atomic E-state index is 13.2. The number of aromatic nitrogens is 1. The number of fused-ring (bicyclic) bond motifs is 1. The average molecular weight is 459 g/mol. The fraction of sp³-hybridized carbons (Fsp3) is 0.321. The summed E-state index contributed by atoms with van der Waals surface area (Å²) in [6, 6.07) is 19.0. The van der Waals surface area contributed by atoms with E-state index in [-0.39, 0.29) is 11.7 Å². The topological polar surface area (TPSA) is 31.7 Å². The number of anilines is 1. The van der Waals surface area contributed by atoms with Crippen molar-refractivity contribution >= 4 is 17.7 Å². The summed E-state index contributed by atoms with van der Waals surface area (Å²) in [5, 5.41) is 0. The Morgan fingerprint density at radius 3 is 2.38 bits per heavy atom. The second-order valence-electron chi connectivity index (χ2n) is 9.04. The average Bonchev–Trinajstić information content (AvgIpc) is 3.19. The molecule has 5 nitrogen and oxygen atoms in total. The molecule has 0 bridgehead atoms. The van der Waals surface area contributed by atoms with Crippen LogP contribution < -0.4 is 4.90 Å². The maximum Gasteiger partial charge on any atom is 0.256 e. The van der Waals surface area contributed by atoms with Crippen LogP contribution in [0.1, 0.15) is 28.0 Å². The van der Waals surface area contributed by atoms with Crippen LogP contribution in [0, 0.1) is 5.82 Å². The molecular weight excluding hydrogens is 427 g/mol. The fourth-order valence-electron chi connectivity index (χ4n) is 4.87. The monoisotopic (exact) mass is 458 g/mol. The second kappa shape index (κ2) is 10.3. The molecule has 0 unspecified atom stereocenters. The Kier molecular flexibility index (Phi) is 6.77. The first-order valence-corrected chi connectivity index (χ1v) is 12.1. The van der Waals surface area contributed by atoms with E-state index in [1.165, 1.54) is 17.7 Å².